The third-order valence-corrected chi connectivity index (χ3v) is 6.97. The molecule has 2 aromatic carbocycles. The molecule has 8 heteroatoms. The van der Waals surface area contributed by atoms with Crippen molar-refractivity contribution in [2.45, 2.75) is 49.5 Å². The van der Waals surface area contributed by atoms with Gasteiger partial charge in [0, 0.05) is 12.1 Å². The second-order valence-electron chi connectivity index (χ2n) is 7.15. The fraction of sp³-hybridized carbons (Fsp3) is 0.350. The second-order valence-corrected chi connectivity index (χ2v) is 8.83. The number of carboxylic acids is 1. The van der Waals surface area contributed by atoms with E-state index >= 15 is 0 Å². The first-order valence-electron chi connectivity index (χ1n) is 9.06. The average molecular weight is 405 g/mol. The molecule has 0 aromatic heterocycles. The highest BCUT2D eigenvalue weighted by Gasteiger charge is 2.29. The predicted octanol–water partition coefficient (Wildman–Crippen LogP) is 3.11. The van der Waals surface area contributed by atoms with Gasteiger partial charge in [0.15, 0.2) is 0 Å². The van der Waals surface area contributed by atoms with Crippen LogP contribution < -0.4 is 4.72 Å². The molecule has 2 aromatic rings. The molecule has 1 saturated carbocycles. The van der Waals surface area contributed by atoms with Gasteiger partial charge in [0.25, 0.3) is 0 Å². The van der Waals surface area contributed by atoms with E-state index in [0.717, 1.165) is 5.56 Å². The zero-order chi connectivity index (χ0) is 20.5. The first kappa shape index (κ1) is 20.2. The number of hydrogen-bond acceptors (Lipinski definition) is 5. The summed E-state index contributed by atoms with van der Waals surface area (Å²) in [6, 6.07) is 8.49. The van der Waals surface area contributed by atoms with Crippen molar-refractivity contribution in [3.8, 4) is 11.5 Å². The van der Waals surface area contributed by atoms with Gasteiger partial charge in [0.2, 0.25) is 10.0 Å². The Morgan fingerprint density at radius 3 is 2.36 bits per heavy atom. The third-order valence-electron chi connectivity index (χ3n) is 5.31. The lowest BCUT2D eigenvalue weighted by Gasteiger charge is -2.29. The van der Waals surface area contributed by atoms with Crippen molar-refractivity contribution in [3.05, 3.63) is 53.1 Å². The Hall–Kier alpha value is -2.58. The van der Waals surface area contributed by atoms with Crippen LogP contribution in [0.1, 0.15) is 53.1 Å². The molecule has 3 rings (SSSR count). The summed E-state index contributed by atoms with van der Waals surface area (Å²) in [4.78, 5) is 11.2. The van der Waals surface area contributed by atoms with Gasteiger partial charge in [-0.2, -0.15) is 0 Å². The molecule has 0 atom stereocenters. The summed E-state index contributed by atoms with van der Waals surface area (Å²) in [6.07, 6.45) is 2.59. The van der Waals surface area contributed by atoms with Crippen LogP contribution in [0.2, 0.25) is 0 Å². The number of rotatable bonds is 5. The highest BCUT2D eigenvalue weighted by molar-refractivity contribution is 7.89. The van der Waals surface area contributed by atoms with E-state index in [1.165, 1.54) is 37.3 Å². The molecule has 0 amide bonds. The highest BCUT2D eigenvalue weighted by atomic mass is 32.2. The minimum Gasteiger partial charge on any atom is -0.508 e. The van der Waals surface area contributed by atoms with Crippen LogP contribution in [0.3, 0.4) is 0 Å². The summed E-state index contributed by atoms with van der Waals surface area (Å²) in [5, 5.41) is 28.6. The fourth-order valence-electron chi connectivity index (χ4n) is 3.82. The van der Waals surface area contributed by atoms with Crippen molar-refractivity contribution in [2.75, 3.05) is 0 Å². The predicted molar refractivity (Wildman–Crippen MR) is 103 cm³/mol. The summed E-state index contributed by atoms with van der Waals surface area (Å²) in [5.41, 5.74) is 0.934. The number of phenols is 2. The number of hydrogen-bond donors (Lipinski definition) is 4. The van der Waals surface area contributed by atoms with Gasteiger partial charge in [-0.3, -0.25) is 0 Å². The van der Waals surface area contributed by atoms with Gasteiger partial charge >= 0.3 is 5.97 Å². The largest absolute Gasteiger partial charge is 0.508 e. The zero-order valence-electron chi connectivity index (χ0n) is 15.4. The first-order valence-corrected chi connectivity index (χ1v) is 10.5. The topological polar surface area (TPSA) is 124 Å². The minimum atomic E-state index is -3.84. The molecule has 0 radical (unpaired) electrons. The van der Waals surface area contributed by atoms with E-state index < -0.39 is 16.0 Å². The molecular formula is C20H23NO6S. The standard InChI is InChI=1S/C20H23NO6S/c1-12-16(20(24)25)3-2-4-19(12)28(26,27)21-14-7-5-13(6-8-14)17-10-9-15(22)11-18(17)23/h2-4,9-11,13-14,21-23H,5-8H2,1H3,(H,24,25). The van der Waals surface area contributed by atoms with Gasteiger partial charge in [-0.05, 0) is 67.9 Å². The molecule has 7 nitrogen and oxygen atoms in total. The number of carbonyl (C=O) groups is 1. The Morgan fingerprint density at radius 2 is 1.75 bits per heavy atom. The van der Waals surface area contributed by atoms with E-state index in [0.29, 0.717) is 25.7 Å². The number of phenolic OH excluding ortho intramolecular Hbond substituents is 2. The maximum absolute atomic E-state index is 12.8. The molecule has 0 heterocycles. The van der Waals surface area contributed by atoms with Crippen molar-refractivity contribution in [2.24, 2.45) is 0 Å². The van der Waals surface area contributed by atoms with Crippen LogP contribution in [0.15, 0.2) is 41.3 Å². The second kappa shape index (κ2) is 7.81. The molecule has 1 fully saturated rings. The lowest BCUT2D eigenvalue weighted by Crippen LogP contribution is -2.37. The average Bonchev–Trinajstić information content (AvgIpc) is 2.62. The number of sulfonamides is 1. The molecule has 1 aliphatic rings. The number of aromatic carboxylic acids is 1. The summed E-state index contributed by atoms with van der Waals surface area (Å²) < 4.78 is 28.2. The Morgan fingerprint density at radius 1 is 1.07 bits per heavy atom. The number of nitrogens with one attached hydrogen (secondary N) is 1. The Labute approximate surface area is 163 Å². The van der Waals surface area contributed by atoms with Crippen molar-refractivity contribution in [1.29, 1.82) is 0 Å². The molecule has 1 aliphatic carbocycles. The van der Waals surface area contributed by atoms with Gasteiger partial charge in [0.05, 0.1) is 10.5 Å². The van der Waals surface area contributed by atoms with Gasteiger partial charge in [-0.15, -0.1) is 0 Å². The van der Waals surface area contributed by atoms with E-state index in [1.54, 1.807) is 6.07 Å². The van der Waals surface area contributed by atoms with Gasteiger partial charge in [-0.25, -0.2) is 17.9 Å². The summed E-state index contributed by atoms with van der Waals surface area (Å²) in [6.45, 7) is 1.49. The normalized spacial score (nSPS) is 20.0. The van der Waals surface area contributed by atoms with Crippen LogP contribution >= 0.6 is 0 Å². The smallest absolute Gasteiger partial charge is 0.335 e. The lowest BCUT2D eigenvalue weighted by molar-refractivity contribution is 0.0695. The molecule has 0 unspecified atom stereocenters. The van der Waals surface area contributed by atoms with Crippen LogP contribution in [0, 0.1) is 6.92 Å². The SMILES string of the molecule is Cc1c(C(=O)O)cccc1S(=O)(=O)NC1CCC(c2ccc(O)cc2O)CC1. The van der Waals surface area contributed by atoms with E-state index in [1.807, 2.05) is 0 Å². The van der Waals surface area contributed by atoms with E-state index in [9.17, 15) is 28.5 Å². The van der Waals surface area contributed by atoms with Crippen molar-refractivity contribution in [3.63, 3.8) is 0 Å². The molecule has 150 valence electrons. The number of carboxylic acid groups (broad SMARTS) is 1. The molecule has 0 saturated heterocycles. The fourth-order valence-corrected chi connectivity index (χ4v) is 5.39. The highest BCUT2D eigenvalue weighted by Crippen LogP contribution is 2.38. The van der Waals surface area contributed by atoms with Crippen molar-refractivity contribution < 1.29 is 28.5 Å². The van der Waals surface area contributed by atoms with Gasteiger partial charge < -0.3 is 15.3 Å². The van der Waals surface area contributed by atoms with E-state index in [-0.39, 0.29) is 39.5 Å². The van der Waals surface area contributed by atoms with Crippen LogP contribution in [-0.4, -0.2) is 35.7 Å². The van der Waals surface area contributed by atoms with Crippen molar-refractivity contribution in [1.82, 2.24) is 4.72 Å². The molecular weight excluding hydrogens is 382 g/mol. The molecule has 28 heavy (non-hydrogen) atoms. The molecule has 0 spiro atoms. The van der Waals surface area contributed by atoms with Crippen LogP contribution in [0.5, 0.6) is 11.5 Å². The minimum absolute atomic E-state index is 0.00153. The lowest BCUT2D eigenvalue weighted by atomic mass is 9.81. The summed E-state index contributed by atoms with van der Waals surface area (Å²) in [7, 11) is -3.84. The maximum atomic E-state index is 12.8. The van der Waals surface area contributed by atoms with E-state index in [2.05, 4.69) is 4.72 Å². The van der Waals surface area contributed by atoms with Gasteiger partial charge in [0.1, 0.15) is 11.5 Å². The third kappa shape index (κ3) is 4.13. The van der Waals surface area contributed by atoms with Crippen LogP contribution in [0.25, 0.3) is 0 Å². The van der Waals surface area contributed by atoms with Crippen LogP contribution in [0.4, 0.5) is 0 Å². The Balaban J connectivity index is 1.70. The Kier molecular flexibility index (Phi) is 5.62. The van der Waals surface area contributed by atoms with E-state index in [4.69, 9.17) is 0 Å². The quantitative estimate of drug-likeness (QED) is 0.606. The number of aromatic hydroxyl groups is 2. The van der Waals surface area contributed by atoms with Crippen LogP contribution in [-0.2, 0) is 10.0 Å². The maximum Gasteiger partial charge on any atom is 0.335 e. The van der Waals surface area contributed by atoms with Crippen molar-refractivity contribution >= 4 is 16.0 Å². The number of benzene rings is 2. The summed E-state index contributed by atoms with van der Waals surface area (Å²) in [5.74, 6) is -1.02. The molecule has 0 bridgehead atoms. The monoisotopic (exact) mass is 405 g/mol. The Bertz CT molecular complexity index is 994. The van der Waals surface area contributed by atoms with Gasteiger partial charge in [-0.1, -0.05) is 12.1 Å². The molecule has 0 aliphatic heterocycles. The summed E-state index contributed by atoms with van der Waals surface area (Å²) >= 11 is 0. The first-order chi connectivity index (χ1) is 13.2. The zero-order valence-corrected chi connectivity index (χ0v) is 16.2. The molecule has 4 N–H and O–H groups in total.